The third-order valence-electron chi connectivity index (χ3n) is 3.04. The van der Waals surface area contributed by atoms with Crippen LogP contribution < -0.4 is 5.73 Å². The smallest absolute Gasteiger partial charge is 0.251 e. The Kier molecular flexibility index (Phi) is 6.56. The van der Waals surface area contributed by atoms with Crippen molar-refractivity contribution in [3.63, 3.8) is 0 Å². The van der Waals surface area contributed by atoms with Crippen LogP contribution in [0.15, 0.2) is 12.1 Å². The minimum Gasteiger partial charge on any atom is -0.364 e. The fourth-order valence-electron chi connectivity index (χ4n) is 2.05. The summed E-state index contributed by atoms with van der Waals surface area (Å²) in [5, 5.41) is 0. The number of hydrogen-bond donors (Lipinski definition) is 1. The monoisotopic (exact) mass is 324 g/mol. The van der Waals surface area contributed by atoms with Gasteiger partial charge in [-0.05, 0) is 25.0 Å². The van der Waals surface area contributed by atoms with Crippen molar-refractivity contribution in [3.8, 4) is 0 Å². The van der Waals surface area contributed by atoms with Gasteiger partial charge in [0, 0.05) is 18.5 Å². The van der Waals surface area contributed by atoms with Crippen molar-refractivity contribution < 1.29 is 9.53 Å². The lowest BCUT2D eigenvalue weighted by atomic mass is 10.2. The van der Waals surface area contributed by atoms with Crippen LogP contribution in [0.1, 0.15) is 17.7 Å². The van der Waals surface area contributed by atoms with E-state index < -0.39 is 0 Å². The van der Waals surface area contributed by atoms with Gasteiger partial charge < -0.3 is 15.4 Å². The molecule has 1 aromatic rings. The van der Waals surface area contributed by atoms with Crippen molar-refractivity contribution in [2.45, 2.75) is 31.6 Å². The molecule has 1 aliphatic rings. The molecule has 0 spiro atoms. The average molecular weight is 325 g/mol. The predicted octanol–water partition coefficient (Wildman–Crippen LogP) is 2.29. The van der Waals surface area contributed by atoms with Crippen LogP contribution in [0.25, 0.3) is 0 Å². The second-order valence-corrected chi connectivity index (χ2v) is 6.26. The van der Waals surface area contributed by atoms with Gasteiger partial charge in [-0.25, -0.2) is 0 Å². The highest BCUT2D eigenvalue weighted by molar-refractivity contribution is 7.16. The summed E-state index contributed by atoms with van der Waals surface area (Å²) in [5.74, 6) is 0.0236. The van der Waals surface area contributed by atoms with Crippen LogP contribution in [0.5, 0.6) is 0 Å². The third-order valence-corrected chi connectivity index (χ3v) is 4.26. The number of carbonyl (C=O) groups is 1. The maximum atomic E-state index is 12.1. The number of rotatable bonds is 4. The number of thiophene rings is 1. The molecule has 2 heterocycles. The van der Waals surface area contributed by atoms with Gasteiger partial charge in [0.25, 0.3) is 5.91 Å². The maximum absolute atomic E-state index is 12.1. The summed E-state index contributed by atoms with van der Waals surface area (Å²) in [6.07, 6.45) is 1.32. The molecule has 1 amide bonds. The Morgan fingerprint density at radius 3 is 2.84 bits per heavy atom. The Labute approximate surface area is 128 Å². The summed E-state index contributed by atoms with van der Waals surface area (Å²) in [5.41, 5.74) is 5.54. The molecule has 1 aliphatic heterocycles. The summed E-state index contributed by atoms with van der Waals surface area (Å²) in [6, 6.07) is 3.78. The number of carbonyl (C=O) groups excluding carboxylic acids is 1. The van der Waals surface area contributed by atoms with Crippen LogP contribution in [-0.2, 0) is 16.1 Å². The Morgan fingerprint density at radius 1 is 1.58 bits per heavy atom. The molecular formula is C12H18Cl2N2O2S. The van der Waals surface area contributed by atoms with E-state index in [1.54, 1.807) is 11.9 Å². The van der Waals surface area contributed by atoms with Gasteiger partial charge in [-0.15, -0.1) is 23.7 Å². The minimum absolute atomic E-state index is 0. The molecule has 0 saturated carbocycles. The van der Waals surface area contributed by atoms with Crippen LogP contribution in [0.2, 0.25) is 4.34 Å². The molecule has 2 atom stereocenters. The van der Waals surface area contributed by atoms with E-state index in [4.69, 9.17) is 22.1 Å². The molecule has 0 unspecified atom stereocenters. The maximum Gasteiger partial charge on any atom is 0.251 e. The number of nitrogens with zero attached hydrogens (tertiary/aromatic N) is 1. The van der Waals surface area contributed by atoms with Gasteiger partial charge in [0.05, 0.1) is 17.0 Å². The van der Waals surface area contributed by atoms with Gasteiger partial charge >= 0.3 is 0 Å². The topological polar surface area (TPSA) is 55.6 Å². The minimum atomic E-state index is -0.334. The Balaban J connectivity index is 0.00000180. The lowest BCUT2D eigenvalue weighted by Crippen LogP contribution is -2.36. The number of hydrogen-bond acceptors (Lipinski definition) is 4. The first-order chi connectivity index (χ1) is 8.60. The molecule has 4 nitrogen and oxygen atoms in total. The van der Waals surface area contributed by atoms with Crippen LogP contribution in [0, 0.1) is 0 Å². The van der Waals surface area contributed by atoms with Crippen LogP contribution >= 0.6 is 35.3 Å². The summed E-state index contributed by atoms with van der Waals surface area (Å²) in [6.45, 7) is 1.05. The number of likely N-dealkylation sites (N-methyl/N-ethyl adjacent to an activating group) is 1. The van der Waals surface area contributed by atoms with Crippen molar-refractivity contribution in [2.24, 2.45) is 5.73 Å². The van der Waals surface area contributed by atoms with E-state index in [1.165, 1.54) is 11.3 Å². The van der Waals surface area contributed by atoms with Crippen LogP contribution in [0.4, 0.5) is 0 Å². The molecule has 1 aromatic heterocycles. The second kappa shape index (κ2) is 7.45. The SMILES string of the molecule is CN(Cc1ccc(Cl)s1)C(=O)[C@@H]1CC[C@H](CN)O1.Cl. The molecule has 108 valence electrons. The fourth-order valence-corrected chi connectivity index (χ4v) is 3.20. The van der Waals surface area contributed by atoms with E-state index in [9.17, 15) is 4.79 Å². The molecule has 1 fully saturated rings. The van der Waals surface area contributed by atoms with Crippen LogP contribution in [-0.4, -0.2) is 36.6 Å². The quantitative estimate of drug-likeness (QED) is 0.924. The molecule has 0 aromatic carbocycles. The van der Waals surface area contributed by atoms with Crippen molar-refractivity contribution >= 4 is 41.3 Å². The molecule has 1 saturated heterocycles. The second-order valence-electron chi connectivity index (χ2n) is 4.46. The van der Waals surface area contributed by atoms with Crippen molar-refractivity contribution in [3.05, 3.63) is 21.3 Å². The molecule has 0 radical (unpaired) electrons. The van der Waals surface area contributed by atoms with E-state index in [0.717, 1.165) is 22.1 Å². The van der Waals surface area contributed by atoms with Gasteiger partial charge in [0.15, 0.2) is 0 Å². The molecule has 7 heteroatoms. The summed E-state index contributed by atoms with van der Waals surface area (Å²) in [7, 11) is 1.79. The average Bonchev–Trinajstić information content (AvgIpc) is 2.97. The van der Waals surface area contributed by atoms with E-state index in [2.05, 4.69) is 0 Å². The Morgan fingerprint density at radius 2 is 2.32 bits per heavy atom. The third kappa shape index (κ3) is 4.33. The molecule has 2 N–H and O–H groups in total. The first-order valence-corrected chi connectivity index (χ1v) is 7.14. The number of nitrogens with two attached hydrogens (primary N) is 1. The summed E-state index contributed by atoms with van der Waals surface area (Å²) < 4.78 is 6.34. The lowest BCUT2D eigenvalue weighted by molar-refractivity contribution is -0.141. The molecule has 19 heavy (non-hydrogen) atoms. The van der Waals surface area contributed by atoms with Gasteiger partial charge in [-0.1, -0.05) is 11.6 Å². The highest BCUT2D eigenvalue weighted by atomic mass is 35.5. The van der Waals surface area contributed by atoms with E-state index >= 15 is 0 Å². The molecule has 0 bridgehead atoms. The van der Waals surface area contributed by atoms with Gasteiger partial charge in [0.1, 0.15) is 6.10 Å². The molecular weight excluding hydrogens is 307 g/mol. The summed E-state index contributed by atoms with van der Waals surface area (Å²) in [4.78, 5) is 14.9. The predicted molar refractivity (Wildman–Crippen MR) is 80.0 cm³/mol. The van der Waals surface area contributed by atoms with E-state index in [0.29, 0.717) is 13.1 Å². The Bertz CT molecular complexity index is 428. The summed E-state index contributed by atoms with van der Waals surface area (Å²) >= 11 is 7.36. The lowest BCUT2D eigenvalue weighted by Gasteiger charge is -2.20. The highest BCUT2D eigenvalue weighted by Crippen LogP contribution is 2.24. The van der Waals surface area contributed by atoms with E-state index in [-0.39, 0.29) is 30.5 Å². The first-order valence-electron chi connectivity index (χ1n) is 5.95. The van der Waals surface area contributed by atoms with Crippen molar-refractivity contribution in [2.75, 3.05) is 13.6 Å². The standard InChI is InChI=1S/C12H17ClN2O2S.ClH/c1-15(7-9-3-5-11(13)18-9)12(16)10-4-2-8(6-14)17-10;/h3,5,8,10H,2,4,6-7,14H2,1H3;1H/t8-,10+;/m1./s1. The highest BCUT2D eigenvalue weighted by Gasteiger charge is 2.31. The zero-order chi connectivity index (χ0) is 13.1. The number of amides is 1. The van der Waals surface area contributed by atoms with Gasteiger partial charge in [0.2, 0.25) is 0 Å². The van der Waals surface area contributed by atoms with Crippen LogP contribution in [0.3, 0.4) is 0 Å². The number of ether oxygens (including phenoxy) is 1. The Hall–Kier alpha value is -0.330. The van der Waals surface area contributed by atoms with Crippen molar-refractivity contribution in [1.82, 2.24) is 4.90 Å². The van der Waals surface area contributed by atoms with E-state index in [1.807, 2.05) is 12.1 Å². The fraction of sp³-hybridized carbons (Fsp3) is 0.583. The van der Waals surface area contributed by atoms with Gasteiger partial charge in [-0.2, -0.15) is 0 Å². The molecule has 0 aliphatic carbocycles. The first kappa shape index (κ1) is 16.7. The van der Waals surface area contributed by atoms with Gasteiger partial charge in [-0.3, -0.25) is 4.79 Å². The molecule has 2 rings (SSSR count). The zero-order valence-corrected chi connectivity index (χ0v) is 13.1. The largest absolute Gasteiger partial charge is 0.364 e. The van der Waals surface area contributed by atoms with Crippen molar-refractivity contribution in [1.29, 1.82) is 0 Å². The zero-order valence-electron chi connectivity index (χ0n) is 10.7. The normalized spacial score (nSPS) is 22.1. The number of halogens is 2.